The third-order valence-electron chi connectivity index (χ3n) is 2.03. The van der Waals surface area contributed by atoms with Crippen LogP contribution >= 0.6 is 11.6 Å². The molecule has 0 aromatic heterocycles. The second kappa shape index (κ2) is 2.96. The van der Waals surface area contributed by atoms with Crippen molar-refractivity contribution in [3.8, 4) is 0 Å². The molecule has 2 aliphatic heterocycles. The van der Waals surface area contributed by atoms with Gasteiger partial charge in [0.1, 0.15) is 0 Å². The Labute approximate surface area is 87.4 Å². The molecular formula is C7H5ClF3N3O. The van der Waals surface area contributed by atoms with Gasteiger partial charge in [0.2, 0.25) is 0 Å². The van der Waals surface area contributed by atoms with Gasteiger partial charge in [-0.15, -0.1) is 0 Å². The fourth-order valence-corrected chi connectivity index (χ4v) is 1.47. The van der Waals surface area contributed by atoms with Crippen LogP contribution in [0.5, 0.6) is 0 Å². The van der Waals surface area contributed by atoms with Crippen LogP contribution in [0, 0.1) is 0 Å². The van der Waals surface area contributed by atoms with Gasteiger partial charge in [-0.3, -0.25) is 0 Å². The molecule has 2 aliphatic rings. The molecule has 0 bridgehead atoms. The normalized spacial score (nSPS) is 30.1. The third kappa shape index (κ3) is 1.51. The second-order valence-corrected chi connectivity index (χ2v) is 3.45. The fourth-order valence-electron chi connectivity index (χ4n) is 1.27. The first-order chi connectivity index (χ1) is 6.83. The van der Waals surface area contributed by atoms with Gasteiger partial charge in [-0.25, -0.2) is 9.98 Å². The highest BCUT2D eigenvalue weighted by Crippen LogP contribution is 2.36. The zero-order valence-corrected chi connectivity index (χ0v) is 7.92. The van der Waals surface area contributed by atoms with Crippen molar-refractivity contribution in [1.82, 2.24) is 4.90 Å². The average Bonchev–Trinajstić information content (AvgIpc) is 2.43. The number of halogens is 4. The summed E-state index contributed by atoms with van der Waals surface area (Å²) in [5.41, 5.74) is -3.10. The van der Waals surface area contributed by atoms with Crippen LogP contribution in [0.3, 0.4) is 0 Å². The fraction of sp³-hybridized carbons (Fsp3) is 0.429. The molecule has 0 aromatic rings. The highest BCUT2D eigenvalue weighted by atomic mass is 35.5. The Balaban J connectivity index is 2.39. The van der Waals surface area contributed by atoms with Gasteiger partial charge in [0.15, 0.2) is 11.0 Å². The van der Waals surface area contributed by atoms with E-state index in [9.17, 15) is 18.3 Å². The highest BCUT2D eigenvalue weighted by Gasteiger charge is 2.58. The molecule has 4 nitrogen and oxygen atoms in total. The molecule has 0 amide bonds. The minimum atomic E-state index is -4.83. The van der Waals surface area contributed by atoms with Gasteiger partial charge in [0.25, 0.3) is 5.72 Å². The molecular weight excluding hydrogens is 235 g/mol. The molecule has 82 valence electrons. The molecule has 0 saturated carbocycles. The molecule has 0 aromatic carbocycles. The van der Waals surface area contributed by atoms with E-state index in [1.54, 1.807) is 0 Å². The molecule has 0 fully saturated rings. The van der Waals surface area contributed by atoms with Crippen LogP contribution in [0.4, 0.5) is 13.2 Å². The van der Waals surface area contributed by atoms with Gasteiger partial charge in [0.05, 0.1) is 6.54 Å². The maximum atomic E-state index is 12.4. The highest BCUT2D eigenvalue weighted by molar-refractivity contribution is 6.83. The van der Waals surface area contributed by atoms with Crippen molar-refractivity contribution >= 4 is 22.6 Å². The summed E-state index contributed by atoms with van der Waals surface area (Å²) in [5.74, 6) is -0.168. The topological polar surface area (TPSA) is 48.2 Å². The molecule has 8 heteroatoms. The lowest BCUT2D eigenvalue weighted by Gasteiger charge is -2.23. The maximum Gasteiger partial charge on any atom is 0.440 e. The molecule has 0 saturated heterocycles. The van der Waals surface area contributed by atoms with E-state index in [-0.39, 0.29) is 11.0 Å². The number of fused-ring (bicyclic) bond motifs is 1. The predicted octanol–water partition coefficient (Wildman–Crippen LogP) is 1.07. The number of hydrogen-bond donors (Lipinski definition) is 1. The Morgan fingerprint density at radius 2 is 2.20 bits per heavy atom. The van der Waals surface area contributed by atoms with E-state index in [0.717, 1.165) is 4.90 Å². The molecule has 0 aliphatic carbocycles. The maximum absolute atomic E-state index is 12.4. The van der Waals surface area contributed by atoms with Crippen LogP contribution < -0.4 is 0 Å². The summed E-state index contributed by atoms with van der Waals surface area (Å²) >= 11 is 5.54. The molecule has 0 spiro atoms. The zero-order chi connectivity index (χ0) is 11.3. The Bertz CT molecular complexity index is 389. The smallest absolute Gasteiger partial charge is 0.361 e. The van der Waals surface area contributed by atoms with Gasteiger partial charge in [0, 0.05) is 12.4 Å². The summed E-state index contributed by atoms with van der Waals surface area (Å²) in [4.78, 5) is 7.82. The van der Waals surface area contributed by atoms with E-state index in [2.05, 4.69) is 9.98 Å². The number of hydrogen-bond acceptors (Lipinski definition) is 4. The number of rotatable bonds is 0. The van der Waals surface area contributed by atoms with E-state index in [1.807, 2.05) is 0 Å². The Morgan fingerprint density at radius 1 is 1.53 bits per heavy atom. The zero-order valence-electron chi connectivity index (χ0n) is 7.16. The number of alkyl halides is 3. The van der Waals surface area contributed by atoms with Crippen molar-refractivity contribution in [3.63, 3.8) is 0 Å². The van der Waals surface area contributed by atoms with Crippen molar-refractivity contribution in [2.75, 3.05) is 6.54 Å². The van der Waals surface area contributed by atoms with Crippen molar-refractivity contribution in [1.29, 1.82) is 0 Å². The summed E-state index contributed by atoms with van der Waals surface area (Å²) in [7, 11) is 0. The number of aliphatic imine (C=N–C) groups is 2. The lowest BCUT2D eigenvalue weighted by atomic mass is 10.2. The van der Waals surface area contributed by atoms with E-state index < -0.39 is 18.4 Å². The first-order valence-corrected chi connectivity index (χ1v) is 4.27. The van der Waals surface area contributed by atoms with Gasteiger partial charge < -0.3 is 10.0 Å². The largest absolute Gasteiger partial charge is 0.440 e. The van der Waals surface area contributed by atoms with Crippen molar-refractivity contribution in [2.24, 2.45) is 9.98 Å². The third-order valence-corrected chi connectivity index (χ3v) is 2.29. The standard InChI is InChI=1S/C7H5ClF3N3O/c8-4-5-13-6(15,7(9,10)11)3-14(5)2-1-12-4/h1-2,15H,3H2. The summed E-state index contributed by atoms with van der Waals surface area (Å²) in [6.07, 6.45) is -2.32. The summed E-state index contributed by atoms with van der Waals surface area (Å²) < 4.78 is 37.3. The molecule has 2 heterocycles. The summed E-state index contributed by atoms with van der Waals surface area (Å²) in [5, 5.41) is 9.11. The monoisotopic (exact) mass is 239 g/mol. The molecule has 15 heavy (non-hydrogen) atoms. The minimum absolute atomic E-state index is 0.168. The summed E-state index contributed by atoms with van der Waals surface area (Å²) in [6, 6.07) is 0. The van der Waals surface area contributed by atoms with Crippen LogP contribution in [0.2, 0.25) is 0 Å². The molecule has 2 rings (SSSR count). The van der Waals surface area contributed by atoms with E-state index in [1.165, 1.54) is 12.4 Å². The Hall–Kier alpha value is -1.08. The first kappa shape index (κ1) is 10.4. The van der Waals surface area contributed by atoms with Crippen molar-refractivity contribution in [3.05, 3.63) is 12.4 Å². The van der Waals surface area contributed by atoms with Gasteiger partial charge in [-0.05, 0) is 0 Å². The SMILES string of the molecule is OC1(C(F)(F)F)CN2C=CN=C(Cl)C2=N1. The molecule has 0 radical (unpaired) electrons. The quantitative estimate of drug-likeness (QED) is 0.688. The second-order valence-electron chi connectivity index (χ2n) is 3.10. The average molecular weight is 240 g/mol. The minimum Gasteiger partial charge on any atom is -0.361 e. The van der Waals surface area contributed by atoms with Crippen LogP contribution in [0.1, 0.15) is 0 Å². The number of nitrogens with zero attached hydrogens (tertiary/aromatic N) is 3. The van der Waals surface area contributed by atoms with Crippen molar-refractivity contribution < 1.29 is 18.3 Å². The molecule has 1 N–H and O–H groups in total. The van der Waals surface area contributed by atoms with Crippen LogP contribution in [-0.2, 0) is 0 Å². The van der Waals surface area contributed by atoms with E-state index in [4.69, 9.17) is 11.6 Å². The van der Waals surface area contributed by atoms with Crippen LogP contribution in [0.25, 0.3) is 0 Å². The van der Waals surface area contributed by atoms with Crippen LogP contribution in [0.15, 0.2) is 22.4 Å². The first-order valence-electron chi connectivity index (χ1n) is 3.89. The van der Waals surface area contributed by atoms with Crippen LogP contribution in [-0.4, -0.2) is 39.5 Å². The molecule has 1 atom stereocenters. The predicted molar refractivity (Wildman–Crippen MR) is 47.6 cm³/mol. The number of aliphatic hydroxyl groups is 1. The van der Waals surface area contributed by atoms with Gasteiger partial charge in [-0.2, -0.15) is 13.2 Å². The van der Waals surface area contributed by atoms with Gasteiger partial charge >= 0.3 is 6.18 Å². The van der Waals surface area contributed by atoms with Gasteiger partial charge in [-0.1, -0.05) is 11.6 Å². The number of amidine groups is 1. The Morgan fingerprint density at radius 3 is 2.73 bits per heavy atom. The van der Waals surface area contributed by atoms with Crippen molar-refractivity contribution in [2.45, 2.75) is 11.9 Å². The lowest BCUT2D eigenvalue weighted by molar-refractivity contribution is -0.253. The van der Waals surface area contributed by atoms with E-state index in [0.29, 0.717) is 0 Å². The van der Waals surface area contributed by atoms with E-state index >= 15 is 0 Å². The Kier molecular flexibility index (Phi) is 2.06. The lowest BCUT2D eigenvalue weighted by Crippen LogP contribution is -2.46. The molecule has 1 unspecified atom stereocenters. The summed E-state index contributed by atoms with van der Waals surface area (Å²) in [6.45, 7) is -0.700.